The van der Waals surface area contributed by atoms with Gasteiger partial charge in [-0.25, -0.2) is 18.7 Å². The van der Waals surface area contributed by atoms with Gasteiger partial charge in [-0.15, -0.1) is 0 Å². The van der Waals surface area contributed by atoms with E-state index in [9.17, 15) is 9.65 Å². The van der Waals surface area contributed by atoms with E-state index in [0.29, 0.717) is 45.7 Å². The highest BCUT2D eigenvalue weighted by Crippen LogP contribution is 2.39. The molecule has 6 nitrogen and oxygen atoms in total. The standard InChI is InChI=1S/C27H25ClF2N6/c1-16-5-7-17(8-6-16)15-36-24-22(35-26(36)27(2,30)25-21(29)4-3-9-33-25)11-20(12-31)34-23(24)18-10-19(28)14-32-13-18/h3-4,9-11,13-14,16-17H,5-8,15H2,1-2H3/t16-,17-,27?. The number of hydrogen-bond acceptors (Lipinski definition) is 5. The summed E-state index contributed by atoms with van der Waals surface area (Å²) in [4.78, 5) is 17.4. The lowest BCUT2D eigenvalue weighted by molar-refractivity contribution is 0.203. The van der Waals surface area contributed by atoms with Crippen LogP contribution in [0.15, 0.2) is 42.9 Å². The molecule has 0 radical (unpaired) electrons. The van der Waals surface area contributed by atoms with E-state index in [4.69, 9.17) is 11.6 Å². The first kappa shape index (κ1) is 24.3. The summed E-state index contributed by atoms with van der Waals surface area (Å²) in [6, 6.07) is 7.90. The van der Waals surface area contributed by atoms with Crippen LogP contribution in [0.25, 0.3) is 22.3 Å². The minimum atomic E-state index is -2.33. The van der Waals surface area contributed by atoms with Crippen molar-refractivity contribution in [1.82, 2.24) is 24.5 Å². The van der Waals surface area contributed by atoms with Crippen molar-refractivity contribution in [3.8, 4) is 17.3 Å². The Morgan fingerprint density at radius 3 is 2.67 bits per heavy atom. The van der Waals surface area contributed by atoms with Crippen molar-refractivity contribution in [1.29, 1.82) is 5.26 Å². The molecule has 1 atom stereocenters. The minimum Gasteiger partial charge on any atom is -0.323 e. The molecule has 1 aliphatic carbocycles. The van der Waals surface area contributed by atoms with Gasteiger partial charge in [-0.2, -0.15) is 5.26 Å². The Kier molecular flexibility index (Phi) is 6.44. The van der Waals surface area contributed by atoms with Gasteiger partial charge in [0.2, 0.25) is 5.67 Å². The molecule has 9 heteroatoms. The fourth-order valence-corrected chi connectivity index (χ4v) is 5.27. The van der Waals surface area contributed by atoms with Crippen LogP contribution < -0.4 is 0 Å². The lowest BCUT2D eigenvalue weighted by Gasteiger charge is -2.29. The molecule has 0 N–H and O–H groups in total. The van der Waals surface area contributed by atoms with Crippen molar-refractivity contribution in [3.05, 3.63) is 70.9 Å². The highest BCUT2D eigenvalue weighted by Gasteiger charge is 2.39. The molecule has 1 saturated carbocycles. The second-order valence-corrected chi connectivity index (χ2v) is 10.2. The first-order valence-corrected chi connectivity index (χ1v) is 12.4. The summed E-state index contributed by atoms with van der Waals surface area (Å²) in [5.41, 5.74) is -0.563. The van der Waals surface area contributed by atoms with Gasteiger partial charge in [0.25, 0.3) is 0 Å². The summed E-state index contributed by atoms with van der Waals surface area (Å²) in [7, 11) is 0. The molecule has 4 heterocycles. The van der Waals surface area contributed by atoms with Crippen LogP contribution in [0.4, 0.5) is 8.78 Å². The van der Waals surface area contributed by atoms with Crippen LogP contribution in [-0.4, -0.2) is 24.5 Å². The molecule has 1 unspecified atom stereocenters. The Labute approximate surface area is 213 Å². The van der Waals surface area contributed by atoms with Crippen LogP contribution in [0.1, 0.15) is 56.7 Å². The number of aromatic nitrogens is 5. The Morgan fingerprint density at radius 2 is 1.97 bits per heavy atom. The lowest BCUT2D eigenvalue weighted by Crippen LogP contribution is -2.28. The number of nitrogens with zero attached hydrogens (tertiary/aromatic N) is 6. The molecule has 36 heavy (non-hydrogen) atoms. The van der Waals surface area contributed by atoms with Gasteiger partial charge < -0.3 is 4.57 Å². The number of fused-ring (bicyclic) bond motifs is 1. The molecule has 5 rings (SSSR count). The normalized spacial score (nSPS) is 19.7. The van der Waals surface area contributed by atoms with E-state index >= 15 is 4.39 Å². The van der Waals surface area contributed by atoms with Crippen LogP contribution in [0.5, 0.6) is 0 Å². The number of hydrogen-bond donors (Lipinski definition) is 0. The van der Waals surface area contributed by atoms with Gasteiger partial charge in [-0.3, -0.25) is 9.97 Å². The summed E-state index contributed by atoms with van der Waals surface area (Å²) in [5.74, 6) is 0.231. The predicted molar refractivity (Wildman–Crippen MR) is 133 cm³/mol. The summed E-state index contributed by atoms with van der Waals surface area (Å²) < 4.78 is 33.2. The number of halogens is 3. The summed E-state index contributed by atoms with van der Waals surface area (Å²) in [5, 5.41) is 10.0. The van der Waals surface area contributed by atoms with Crippen molar-refractivity contribution in [2.24, 2.45) is 11.8 Å². The smallest absolute Gasteiger partial charge is 0.210 e. The molecule has 0 saturated heterocycles. The van der Waals surface area contributed by atoms with Crippen molar-refractivity contribution >= 4 is 22.6 Å². The number of rotatable bonds is 5. The SMILES string of the molecule is CC(F)(c1ncccc1F)c1nc2cc(C#N)nc(-c3cncc(Cl)c3)c2n1C[C@H]1CC[C@H](C)CC1. The Bertz CT molecular complexity index is 1470. The average molecular weight is 507 g/mol. The molecule has 184 valence electrons. The van der Waals surface area contributed by atoms with Crippen LogP contribution in [0, 0.1) is 29.0 Å². The van der Waals surface area contributed by atoms with E-state index in [1.807, 2.05) is 0 Å². The van der Waals surface area contributed by atoms with Gasteiger partial charge >= 0.3 is 0 Å². The summed E-state index contributed by atoms with van der Waals surface area (Å²) in [6.45, 7) is 4.01. The Balaban J connectivity index is 1.78. The van der Waals surface area contributed by atoms with Crippen LogP contribution >= 0.6 is 11.6 Å². The molecule has 0 amide bonds. The zero-order chi connectivity index (χ0) is 25.4. The number of alkyl halides is 1. The molecule has 4 aromatic heterocycles. The highest BCUT2D eigenvalue weighted by molar-refractivity contribution is 6.30. The molecule has 0 spiro atoms. The molecule has 0 bridgehead atoms. The van der Waals surface area contributed by atoms with Gasteiger partial charge in [0.05, 0.1) is 21.7 Å². The minimum absolute atomic E-state index is 0.0295. The Morgan fingerprint density at radius 1 is 1.19 bits per heavy atom. The molecule has 0 aliphatic heterocycles. The van der Waals surface area contributed by atoms with Gasteiger partial charge in [0, 0.05) is 36.8 Å². The average Bonchev–Trinajstić information content (AvgIpc) is 3.24. The van der Waals surface area contributed by atoms with E-state index in [1.165, 1.54) is 37.5 Å². The molecular weight excluding hydrogens is 482 g/mol. The fourth-order valence-electron chi connectivity index (χ4n) is 5.10. The second kappa shape index (κ2) is 9.55. The zero-order valence-corrected chi connectivity index (χ0v) is 20.8. The van der Waals surface area contributed by atoms with Crippen molar-refractivity contribution < 1.29 is 8.78 Å². The molecule has 1 aliphatic rings. The third-order valence-corrected chi connectivity index (χ3v) is 7.22. The molecule has 0 aromatic carbocycles. The zero-order valence-electron chi connectivity index (χ0n) is 20.0. The Hall–Kier alpha value is -3.44. The second-order valence-electron chi connectivity index (χ2n) is 9.74. The number of imidazole rings is 1. The third-order valence-electron chi connectivity index (χ3n) is 7.02. The van der Waals surface area contributed by atoms with Gasteiger partial charge in [0.1, 0.15) is 23.3 Å². The number of nitriles is 1. The van der Waals surface area contributed by atoms with Gasteiger partial charge in [0.15, 0.2) is 5.82 Å². The molecule has 4 aromatic rings. The first-order valence-electron chi connectivity index (χ1n) is 12.0. The predicted octanol–water partition coefficient (Wildman–Crippen LogP) is 6.61. The maximum atomic E-state index is 16.6. The molecular formula is C27H25ClF2N6. The van der Waals surface area contributed by atoms with E-state index in [1.54, 1.807) is 16.8 Å². The van der Waals surface area contributed by atoms with Crippen LogP contribution in [0.3, 0.4) is 0 Å². The highest BCUT2D eigenvalue weighted by atomic mass is 35.5. The van der Waals surface area contributed by atoms with Crippen LogP contribution in [-0.2, 0) is 12.2 Å². The van der Waals surface area contributed by atoms with Crippen LogP contribution in [0.2, 0.25) is 5.02 Å². The maximum absolute atomic E-state index is 16.6. The van der Waals surface area contributed by atoms with E-state index in [2.05, 4.69) is 32.9 Å². The third kappa shape index (κ3) is 4.44. The fraction of sp³-hybridized carbons (Fsp3) is 0.370. The lowest BCUT2D eigenvalue weighted by atomic mass is 9.83. The van der Waals surface area contributed by atoms with E-state index in [-0.39, 0.29) is 17.2 Å². The van der Waals surface area contributed by atoms with E-state index < -0.39 is 11.5 Å². The monoisotopic (exact) mass is 506 g/mol. The quantitative estimate of drug-likeness (QED) is 0.304. The largest absolute Gasteiger partial charge is 0.323 e. The van der Waals surface area contributed by atoms with Crippen molar-refractivity contribution in [3.63, 3.8) is 0 Å². The van der Waals surface area contributed by atoms with E-state index in [0.717, 1.165) is 25.7 Å². The van der Waals surface area contributed by atoms with Crippen molar-refractivity contribution in [2.45, 2.75) is 51.7 Å². The first-order chi connectivity index (χ1) is 17.3. The topological polar surface area (TPSA) is 80.3 Å². The number of pyridine rings is 3. The molecule has 1 fully saturated rings. The summed E-state index contributed by atoms with van der Waals surface area (Å²) in [6.07, 6.45) is 8.65. The van der Waals surface area contributed by atoms with Gasteiger partial charge in [-0.1, -0.05) is 31.4 Å². The van der Waals surface area contributed by atoms with Gasteiger partial charge in [-0.05, 0) is 49.8 Å². The summed E-state index contributed by atoms with van der Waals surface area (Å²) >= 11 is 6.22. The maximum Gasteiger partial charge on any atom is 0.210 e. The van der Waals surface area contributed by atoms with Crippen molar-refractivity contribution in [2.75, 3.05) is 0 Å².